The van der Waals surface area contributed by atoms with Gasteiger partial charge in [-0.2, -0.15) is 0 Å². The number of sulfonamides is 1. The number of thiazole rings is 1. The largest absolute Gasteiger partial charge is 0.378 e. The zero-order valence-electron chi connectivity index (χ0n) is 15.0. The van der Waals surface area contributed by atoms with Crippen LogP contribution in [0.5, 0.6) is 0 Å². The number of hydrogen-bond acceptors (Lipinski definition) is 8. The van der Waals surface area contributed by atoms with Crippen LogP contribution in [0.1, 0.15) is 26.4 Å². The first kappa shape index (κ1) is 20.2. The van der Waals surface area contributed by atoms with E-state index in [2.05, 4.69) is 15.8 Å². The standard InChI is InChI=1S/C16H19N5O5S2/c1-10-2-3-11(28(17,24)25)8-12(10)14(22)19-20-15(23)13-9-27-16(18-13)21-4-6-26-7-5-21/h2-3,8-9H,4-7H2,1H3,(H,19,22)(H,20,23)(H2,17,24,25). The highest BCUT2D eigenvalue weighted by Gasteiger charge is 2.19. The molecule has 4 N–H and O–H groups in total. The zero-order chi connectivity index (χ0) is 20.3. The van der Waals surface area contributed by atoms with Crippen LogP contribution in [0.4, 0.5) is 5.13 Å². The molecule has 28 heavy (non-hydrogen) atoms. The molecule has 2 amide bonds. The molecule has 0 saturated carbocycles. The fourth-order valence-electron chi connectivity index (χ4n) is 2.54. The molecule has 1 saturated heterocycles. The van der Waals surface area contributed by atoms with E-state index in [0.29, 0.717) is 37.0 Å². The SMILES string of the molecule is Cc1ccc(S(N)(=O)=O)cc1C(=O)NNC(=O)c1csc(N2CCOCC2)n1. The molecule has 150 valence electrons. The fraction of sp³-hybridized carbons (Fsp3) is 0.312. The summed E-state index contributed by atoms with van der Waals surface area (Å²) in [5.41, 5.74) is 5.32. The molecular weight excluding hydrogens is 406 g/mol. The highest BCUT2D eigenvalue weighted by atomic mass is 32.2. The average Bonchev–Trinajstić information content (AvgIpc) is 3.16. The molecule has 2 heterocycles. The van der Waals surface area contributed by atoms with Gasteiger partial charge in [-0.3, -0.25) is 20.4 Å². The van der Waals surface area contributed by atoms with E-state index in [9.17, 15) is 18.0 Å². The van der Waals surface area contributed by atoms with Crippen LogP contribution in [0.25, 0.3) is 0 Å². The van der Waals surface area contributed by atoms with Gasteiger partial charge in [0.2, 0.25) is 10.0 Å². The molecule has 1 aromatic heterocycles. The maximum atomic E-state index is 12.3. The molecular formula is C16H19N5O5S2. The number of amides is 2. The number of nitrogens with one attached hydrogen (secondary N) is 2. The number of hydrazine groups is 1. The number of nitrogens with two attached hydrogens (primary N) is 1. The number of nitrogens with zero attached hydrogens (tertiary/aromatic N) is 2. The topological polar surface area (TPSA) is 144 Å². The van der Waals surface area contributed by atoms with Crippen LogP contribution in [0.15, 0.2) is 28.5 Å². The highest BCUT2D eigenvalue weighted by Crippen LogP contribution is 2.21. The maximum absolute atomic E-state index is 12.3. The summed E-state index contributed by atoms with van der Waals surface area (Å²) in [7, 11) is -3.95. The minimum absolute atomic E-state index is 0.0825. The Morgan fingerprint density at radius 2 is 1.89 bits per heavy atom. The van der Waals surface area contributed by atoms with Gasteiger partial charge in [-0.1, -0.05) is 6.07 Å². The van der Waals surface area contributed by atoms with Crippen molar-refractivity contribution in [1.29, 1.82) is 0 Å². The minimum atomic E-state index is -3.95. The summed E-state index contributed by atoms with van der Waals surface area (Å²) in [5.74, 6) is -1.25. The first-order chi connectivity index (χ1) is 13.3. The molecule has 10 nitrogen and oxygen atoms in total. The van der Waals surface area contributed by atoms with E-state index in [-0.39, 0.29) is 16.2 Å². The quantitative estimate of drug-likeness (QED) is 0.585. The van der Waals surface area contributed by atoms with Crippen molar-refractivity contribution >= 4 is 38.3 Å². The predicted molar refractivity (Wildman–Crippen MR) is 103 cm³/mol. The maximum Gasteiger partial charge on any atom is 0.289 e. The Labute approximate surface area is 165 Å². The molecule has 1 aliphatic heterocycles. The Morgan fingerprint density at radius 1 is 1.21 bits per heavy atom. The second kappa shape index (κ2) is 8.22. The van der Waals surface area contributed by atoms with E-state index >= 15 is 0 Å². The normalized spacial score (nSPS) is 14.6. The van der Waals surface area contributed by atoms with Gasteiger partial charge in [-0.05, 0) is 24.6 Å². The van der Waals surface area contributed by atoms with Crippen LogP contribution in [0.2, 0.25) is 0 Å². The summed E-state index contributed by atoms with van der Waals surface area (Å²) < 4.78 is 28.2. The number of aryl methyl sites for hydroxylation is 1. The van der Waals surface area contributed by atoms with Crippen LogP contribution < -0.4 is 20.9 Å². The van der Waals surface area contributed by atoms with E-state index < -0.39 is 21.8 Å². The van der Waals surface area contributed by atoms with Gasteiger partial charge >= 0.3 is 0 Å². The van der Waals surface area contributed by atoms with Crippen LogP contribution >= 0.6 is 11.3 Å². The lowest BCUT2D eigenvalue weighted by Gasteiger charge is -2.25. The Bertz CT molecular complexity index is 999. The smallest absolute Gasteiger partial charge is 0.289 e. The van der Waals surface area contributed by atoms with Gasteiger partial charge in [0.05, 0.1) is 18.1 Å². The lowest BCUT2D eigenvalue weighted by atomic mass is 10.1. The van der Waals surface area contributed by atoms with E-state index in [4.69, 9.17) is 9.88 Å². The molecule has 0 radical (unpaired) electrons. The summed E-state index contributed by atoms with van der Waals surface area (Å²) in [6, 6.07) is 3.93. The summed E-state index contributed by atoms with van der Waals surface area (Å²) >= 11 is 1.33. The number of carbonyl (C=O) groups excluding carboxylic acids is 2. The summed E-state index contributed by atoms with van der Waals surface area (Å²) in [4.78, 5) is 30.7. The van der Waals surface area contributed by atoms with Gasteiger partial charge in [0, 0.05) is 24.0 Å². The molecule has 3 rings (SSSR count). The van der Waals surface area contributed by atoms with Crippen molar-refractivity contribution in [2.24, 2.45) is 5.14 Å². The van der Waals surface area contributed by atoms with Crippen molar-refractivity contribution in [3.05, 3.63) is 40.4 Å². The third-order valence-electron chi connectivity index (χ3n) is 4.08. The lowest BCUT2D eigenvalue weighted by Crippen LogP contribution is -2.42. The van der Waals surface area contributed by atoms with Gasteiger partial charge in [0.1, 0.15) is 5.69 Å². The first-order valence-corrected chi connectivity index (χ1v) is 10.7. The first-order valence-electron chi connectivity index (χ1n) is 8.28. The Morgan fingerprint density at radius 3 is 2.57 bits per heavy atom. The van der Waals surface area contributed by atoms with Crippen molar-refractivity contribution in [3.63, 3.8) is 0 Å². The van der Waals surface area contributed by atoms with Crippen LogP contribution in [0, 0.1) is 6.92 Å². The minimum Gasteiger partial charge on any atom is -0.378 e. The van der Waals surface area contributed by atoms with Crippen molar-refractivity contribution in [2.45, 2.75) is 11.8 Å². The number of morpholine rings is 1. The van der Waals surface area contributed by atoms with Crippen LogP contribution in [-0.4, -0.2) is 51.5 Å². The van der Waals surface area contributed by atoms with E-state index in [0.717, 1.165) is 6.07 Å². The van der Waals surface area contributed by atoms with E-state index in [1.165, 1.54) is 23.5 Å². The number of ether oxygens (including phenoxy) is 1. The molecule has 0 atom stereocenters. The molecule has 2 aromatic rings. The fourth-order valence-corrected chi connectivity index (χ4v) is 3.94. The molecule has 0 aliphatic carbocycles. The number of hydrogen-bond donors (Lipinski definition) is 3. The Kier molecular flexibility index (Phi) is 5.93. The predicted octanol–water partition coefficient (Wildman–Crippen LogP) is 0.0103. The van der Waals surface area contributed by atoms with Gasteiger partial charge < -0.3 is 9.64 Å². The van der Waals surface area contributed by atoms with Crippen molar-refractivity contribution < 1.29 is 22.7 Å². The number of aromatic nitrogens is 1. The molecule has 1 fully saturated rings. The van der Waals surface area contributed by atoms with Gasteiger partial charge in [0.15, 0.2) is 5.13 Å². The van der Waals surface area contributed by atoms with Crippen molar-refractivity contribution in [2.75, 3.05) is 31.2 Å². The van der Waals surface area contributed by atoms with Crippen LogP contribution in [0.3, 0.4) is 0 Å². The monoisotopic (exact) mass is 425 g/mol. The van der Waals surface area contributed by atoms with Gasteiger partial charge in [-0.15, -0.1) is 11.3 Å². The lowest BCUT2D eigenvalue weighted by molar-refractivity contribution is 0.0844. The summed E-state index contributed by atoms with van der Waals surface area (Å²) in [6.45, 7) is 4.25. The van der Waals surface area contributed by atoms with Gasteiger partial charge in [0.25, 0.3) is 11.8 Å². The Hall–Kier alpha value is -2.54. The highest BCUT2D eigenvalue weighted by molar-refractivity contribution is 7.89. The second-order valence-corrected chi connectivity index (χ2v) is 8.44. The molecule has 0 unspecified atom stereocenters. The molecule has 0 bridgehead atoms. The number of primary sulfonamides is 1. The van der Waals surface area contributed by atoms with Gasteiger partial charge in [-0.25, -0.2) is 18.5 Å². The van der Waals surface area contributed by atoms with E-state index in [1.54, 1.807) is 12.3 Å². The van der Waals surface area contributed by atoms with Crippen molar-refractivity contribution in [1.82, 2.24) is 15.8 Å². The molecule has 12 heteroatoms. The molecule has 0 spiro atoms. The van der Waals surface area contributed by atoms with E-state index in [1.807, 2.05) is 4.90 Å². The number of rotatable bonds is 4. The number of benzene rings is 1. The number of anilines is 1. The molecule has 1 aromatic carbocycles. The second-order valence-electron chi connectivity index (χ2n) is 6.04. The number of carbonyl (C=O) groups is 2. The molecule has 1 aliphatic rings. The Balaban J connectivity index is 1.65. The zero-order valence-corrected chi connectivity index (χ0v) is 16.6. The van der Waals surface area contributed by atoms with Crippen LogP contribution in [-0.2, 0) is 14.8 Å². The average molecular weight is 425 g/mol. The van der Waals surface area contributed by atoms with Crippen molar-refractivity contribution in [3.8, 4) is 0 Å². The third-order valence-corrected chi connectivity index (χ3v) is 5.89. The summed E-state index contributed by atoms with van der Waals surface area (Å²) in [6.07, 6.45) is 0. The third kappa shape index (κ3) is 4.65. The summed E-state index contributed by atoms with van der Waals surface area (Å²) in [5, 5.41) is 7.39.